The van der Waals surface area contributed by atoms with Gasteiger partial charge in [-0.3, -0.25) is 4.90 Å². The van der Waals surface area contributed by atoms with Crippen molar-refractivity contribution in [2.75, 3.05) is 57.8 Å². The molecule has 2 aliphatic rings. The summed E-state index contributed by atoms with van der Waals surface area (Å²) in [7, 11) is 0. The van der Waals surface area contributed by atoms with E-state index >= 15 is 0 Å². The largest absolute Gasteiger partial charge is 0.379 e. The van der Waals surface area contributed by atoms with Crippen molar-refractivity contribution < 1.29 is 4.74 Å². The number of aromatic nitrogens is 1. The molecule has 22 heavy (non-hydrogen) atoms. The Morgan fingerprint density at radius 3 is 2.86 bits per heavy atom. The van der Waals surface area contributed by atoms with Gasteiger partial charge in [0.15, 0.2) is 0 Å². The van der Waals surface area contributed by atoms with E-state index < -0.39 is 0 Å². The molecule has 0 aromatic carbocycles. The molecule has 1 aromatic heterocycles. The second-order valence-corrected chi connectivity index (χ2v) is 6.46. The van der Waals surface area contributed by atoms with E-state index in [9.17, 15) is 0 Å². The molecule has 5 heteroatoms. The smallest absolute Gasteiger partial charge is 0.126 e. The molecular formula is C17H28N4O. The SMILES string of the molecule is Cc1ccnc(NC2CCCN(CCN3CCOCC3)C2)c1. The van der Waals surface area contributed by atoms with Crippen LogP contribution in [0, 0.1) is 6.92 Å². The van der Waals surface area contributed by atoms with Crippen molar-refractivity contribution in [3.63, 3.8) is 0 Å². The lowest BCUT2D eigenvalue weighted by Crippen LogP contribution is -2.46. The molecule has 2 fully saturated rings. The van der Waals surface area contributed by atoms with Crippen LogP contribution in [0.3, 0.4) is 0 Å². The minimum atomic E-state index is 0.521. The number of pyridine rings is 1. The Hall–Kier alpha value is -1.17. The van der Waals surface area contributed by atoms with E-state index in [0.29, 0.717) is 6.04 Å². The molecule has 0 amide bonds. The number of hydrogen-bond donors (Lipinski definition) is 1. The lowest BCUT2D eigenvalue weighted by Gasteiger charge is -2.35. The lowest BCUT2D eigenvalue weighted by molar-refractivity contribution is 0.0321. The van der Waals surface area contributed by atoms with Crippen molar-refractivity contribution in [2.24, 2.45) is 0 Å². The number of anilines is 1. The normalized spacial score (nSPS) is 24.3. The number of rotatable bonds is 5. The summed E-state index contributed by atoms with van der Waals surface area (Å²) in [6, 6.07) is 4.70. The zero-order chi connectivity index (χ0) is 15.2. The fourth-order valence-electron chi connectivity index (χ4n) is 3.31. The van der Waals surface area contributed by atoms with Gasteiger partial charge >= 0.3 is 0 Å². The van der Waals surface area contributed by atoms with Crippen molar-refractivity contribution in [2.45, 2.75) is 25.8 Å². The predicted molar refractivity (Wildman–Crippen MR) is 89.3 cm³/mol. The van der Waals surface area contributed by atoms with Crippen LogP contribution in [0.25, 0.3) is 0 Å². The number of likely N-dealkylation sites (tertiary alicyclic amines) is 1. The summed E-state index contributed by atoms with van der Waals surface area (Å²) < 4.78 is 5.41. The van der Waals surface area contributed by atoms with E-state index in [4.69, 9.17) is 4.74 Å². The molecule has 3 heterocycles. The standard InChI is InChI=1S/C17H28N4O/c1-15-4-5-18-17(13-15)19-16-3-2-6-21(14-16)8-7-20-9-11-22-12-10-20/h4-5,13,16H,2-3,6-12,14H2,1H3,(H,18,19). The Labute approximate surface area is 133 Å². The third kappa shape index (κ3) is 4.66. The number of nitrogens with zero attached hydrogens (tertiary/aromatic N) is 3. The first-order valence-corrected chi connectivity index (χ1v) is 8.51. The second-order valence-electron chi connectivity index (χ2n) is 6.46. The molecule has 122 valence electrons. The Balaban J connectivity index is 1.44. The molecule has 2 saturated heterocycles. The van der Waals surface area contributed by atoms with Gasteiger partial charge < -0.3 is 15.0 Å². The quantitative estimate of drug-likeness (QED) is 0.895. The highest BCUT2D eigenvalue weighted by Crippen LogP contribution is 2.15. The Morgan fingerprint density at radius 2 is 2.05 bits per heavy atom. The lowest BCUT2D eigenvalue weighted by atomic mass is 10.1. The number of aryl methyl sites for hydroxylation is 1. The van der Waals surface area contributed by atoms with Crippen LogP contribution in [0.2, 0.25) is 0 Å². The van der Waals surface area contributed by atoms with Gasteiger partial charge in [0.2, 0.25) is 0 Å². The van der Waals surface area contributed by atoms with Crippen LogP contribution in [-0.2, 0) is 4.74 Å². The molecule has 1 atom stereocenters. The van der Waals surface area contributed by atoms with E-state index in [0.717, 1.165) is 38.7 Å². The Bertz CT molecular complexity index is 462. The van der Waals surface area contributed by atoms with E-state index in [2.05, 4.69) is 33.1 Å². The molecule has 2 aliphatic heterocycles. The van der Waals surface area contributed by atoms with Gasteiger partial charge in [0.25, 0.3) is 0 Å². The monoisotopic (exact) mass is 304 g/mol. The van der Waals surface area contributed by atoms with Crippen LogP contribution in [0.15, 0.2) is 18.3 Å². The average molecular weight is 304 g/mol. The Kier molecular flexibility index (Phi) is 5.64. The summed E-state index contributed by atoms with van der Waals surface area (Å²) in [5.41, 5.74) is 1.26. The first kappa shape index (κ1) is 15.7. The van der Waals surface area contributed by atoms with E-state index in [1.54, 1.807) is 0 Å². The van der Waals surface area contributed by atoms with Crippen LogP contribution in [0.1, 0.15) is 18.4 Å². The van der Waals surface area contributed by atoms with Crippen LogP contribution >= 0.6 is 0 Å². The van der Waals surface area contributed by atoms with Gasteiger partial charge in [-0.25, -0.2) is 4.98 Å². The van der Waals surface area contributed by atoms with Crippen LogP contribution < -0.4 is 5.32 Å². The molecule has 3 rings (SSSR count). The number of nitrogens with one attached hydrogen (secondary N) is 1. The van der Waals surface area contributed by atoms with Crippen LogP contribution in [-0.4, -0.2) is 73.3 Å². The van der Waals surface area contributed by atoms with Gasteiger partial charge in [0.05, 0.1) is 13.2 Å². The molecule has 5 nitrogen and oxygen atoms in total. The zero-order valence-electron chi connectivity index (χ0n) is 13.6. The van der Waals surface area contributed by atoms with Gasteiger partial charge in [-0.05, 0) is 44.0 Å². The maximum atomic E-state index is 5.41. The second kappa shape index (κ2) is 7.90. The average Bonchev–Trinajstić information content (AvgIpc) is 2.54. The summed E-state index contributed by atoms with van der Waals surface area (Å²) in [5, 5.41) is 3.60. The molecule has 0 saturated carbocycles. The molecular weight excluding hydrogens is 276 g/mol. The van der Waals surface area contributed by atoms with Crippen molar-refractivity contribution >= 4 is 5.82 Å². The van der Waals surface area contributed by atoms with E-state index in [-0.39, 0.29) is 0 Å². The first-order chi connectivity index (χ1) is 10.8. The van der Waals surface area contributed by atoms with Gasteiger partial charge in [0.1, 0.15) is 5.82 Å². The fourth-order valence-corrected chi connectivity index (χ4v) is 3.31. The minimum absolute atomic E-state index is 0.521. The van der Waals surface area contributed by atoms with Crippen molar-refractivity contribution in [3.05, 3.63) is 23.9 Å². The molecule has 0 bridgehead atoms. The first-order valence-electron chi connectivity index (χ1n) is 8.51. The molecule has 1 aromatic rings. The van der Waals surface area contributed by atoms with Crippen molar-refractivity contribution in [3.8, 4) is 0 Å². The summed E-state index contributed by atoms with van der Waals surface area (Å²) in [5.74, 6) is 1.01. The summed E-state index contributed by atoms with van der Waals surface area (Å²) in [6.45, 7) is 10.8. The molecule has 0 radical (unpaired) electrons. The summed E-state index contributed by atoms with van der Waals surface area (Å²) in [6.07, 6.45) is 4.40. The van der Waals surface area contributed by atoms with Crippen LogP contribution in [0.4, 0.5) is 5.82 Å². The topological polar surface area (TPSA) is 40.6 Å². The maximum Gasteiger partial charge on any atom is 0.126 e. The van der Waals surface area contributed by atoms with Gasteiger partial charge in [-0.15, -0.1) is 0 Å². The third-order valence-electron chi connectivity index (χ3n) is 4.61. The molecule has 0 spiro atoms. The molecule has 1 N–H and O–H groups in total. The number of piperidine rings is 1. The zero-order valence-corrected chi connectivity index (χ0v) is 13.6. The highest BCUT2D eigenvalue weighted by molar-refractivity contribution is 5.38. The highest BCUT2D eigenvalue weighted by atomic mass is 16.5. The fraction of sp³-hybridized carbons (Fsp3) is 0.706. The van der Waals surface area contributed by atoms with Crippen LogP contribution in [0.5, 0.6) is 0 Å². The van der Waals surface area contributed by atoms with Gasteiger partial charge in [-0.2, -0.15) is 0 Å². The van der Waals surface area contributed by atoms with E-state index in [1.807, 2.05) is 12.3 Å². The summed E-state index contributed by atoms with van der Waals surface area (Å²) >= 11 is 0. The summed E-state index contributed by atoms with van der Waals surface area (Å²) in [4.78, 5) is 9.53. The third-order valence-corrected chi connectivity index (χ3v) is 4.61. The minimum Gasteiger partial charge on any atom is -0.379 e. The predicted octanol–water partition coefficient (Wildman–Crippen LogP) is 1.60. The molecule has 0 aliphatic carbocycles. The van der Waals surface area contributed by atoms with E-state index in [1.165, 1.54) is 38.0 Å². The van der Waals surface area contributed by atoms with Gasteiger partial charge in [-0.1, -0.05) is 0 Å². The number of morpholine rings is 1. The van der Waals surface area contributed by atoms with Crippen molar-refractivity contribution in [1.82, 2.24) is 14.8 Å². The van der Waals surface area contributed by atoms with Crippen molar-refractivity contribution in [1.29, 1.82) is 0 Å². The molecule has 1 unspecified atom stereocenters. The number of ether oxygens (including phenoxy) is 1. The Morgan fingerprint density at radius 1 is 1.23 bits per heavy atom. The van der Waals surface area contributed by atoms with Gasteiger partial charge in [0, 0.05) is 45.0 Å². The highest BCUT2D eigenvalue weighted by Gasteiger charge is 2.21. The number of hydrogen-bond acceptors (Lipinski definition) is 5. The maximum absolute atomic E-state index is 5.41.